The third-order valence-corrected chi connectivity index (χ3v) is 4.17. The van der Waals surface area contributed by atoms with Gasteiger partial charge < -0.3 is 28.5 Å². The zero-order valence-corrected chi connectivity index (χ0v) is 16.7. The van der Waals surface area contributed by atoms with Gasteiger partial charge in [-0.15, -0.1) is 0 Å². The highest BCUT2D eigenvalue weighted by Gasteiger charge is 2.29. The molecule has 9 nitrogen and oxygen atoms in total. The number of ether oxygens (including phenoxy) is 4. The summed E-state index contributed by atoms with van der Waals surface area (Å²) in [6, 6.07) is 4.24. The highest BCUT2D eigenvalue weighted by molar-refractivity contribution is 5.74. The van der Waals surface area contributed by atoms with Gasteiger partial charge in [-0.2, -0.15) is 0 Å². The van der Waals surface area contributed by atoms with Crippen molar-refractivity contribution >= 4 is 11.9 Å². The summed E-state index contributed by atoms with van der Waals surface area (Å²) >= 11 is 0. The molecule has 2 aromatic rings. The molecule has 0 bridgehead atoms. The van der Waals surface area contributed by atoms with E-state index in [0.29, 0.717) is 5.56 Å². The number of methoxy groups -OCH3 is 3. The first kappa shape index (κ1) is 21.8. The lowest BCUT2D eigenvalue weighted by atomic mass is 9.88. The quantitative estimate of drug-likeness (QED) is 0.545. The number of aromatic hydroxyl groups is 1. The molecule has 2 rings (SSSR count). The minimum absolute atomic E-state index is 0.0447. The second-order valence-corrected chi connectivity index (χ2v) is 6.12. The third kappa shape index (κ3) is 4.87. The van der Waals surface area contributed by atoms with Crippen molar-refractivity contribution in [1.29, 1.82) is 0 Å². The summed E-state index contributed by atoms with van der Waals surface area (Å²) < 4.78 is 25.6. The molecule has 0 fully saturated rings. The van der Waals surface area contributed by atoms with Crippen LogP contribution in [0.5, 0.6) is 23.0 Å². The average Bonchev–Trinajstić information content (AvgIpc) is 2.65. The fourth-order valence-corrected chi connectivity index (χ4v) is 2.91. The molecule has 0 saturated carbocycles. The van der Waals surface area contributed by atoms with Gasteiger partial charge in [-0.1, -0.05) is 0 Å². The van der Waals surface area contributed by atoms with Crippen LogP contribution >= 0.6 is 0 Å². The van der Waals surface area contributed by atoms with E-state index >= 15 is 0 Å². The van der Waals surface area contributed by atoms with E-state index in [0.717, 1.165) is 0 Å². The first-order valence-corrected chi connectivity index (χ1v) is 8.56. The molecule has 0 aliphatic rings. The van der Waals surface area contributed by atoms with Crippen molar-refractivity contribution in [3.8, 4) is 23.0 Å². The zero-order chi connectivity index (χ0) is 21.7. The molecule has 0 radical (unpaired) electrons. The van der Waals surface area contributed by atoms with Crippen LogP contribution in [0.25, 0.3) is 0 Å². The van der Waals surface area contributed by atoms with Gasteiger partial charge >= 0.3 is 17.6 Å². The van der Waals surface area contributed by atoms with Gasteiger partial charge in [0.1, 0.15) is 11.5 Å². The van der Waals surface area contributed by atoms with Crippen molar-refractivity contribution in [2.45, 2.75) is 26.2 Å². The minimum Gasteiger partial charge on any atom is -0.507 e. The Hall–Kier alpha value is -3.49. The highest BCUT2D eigenvalue weighted by Crippen LogP contribution is 2.43. The lowest BCUT2D eigenvalue weighted by Gasteiger charge is -2.20. The van der Waals surface area contributed by atoms with Gasteiger partial charge in [-0.25, -0.2) is 4.79 Å². The predicted octanol–water partition coefficient (Wildman–Crippen LogP) is 2.29. The molecule has 1 aromatic carbocycles. The van der Waals surface area contributed by atoms with Crippen molar-refractivity contribution in [3.63, 3.8) is 0 Å². The van der Waals surface area contributed by atoms with Gasteiger partial charge in [-0.05, 0) is 24.6 Å². The Morgan fingerprint density at radius 2 is 1.69 bits per heavy atom. The van der Waals surface area contributed by atoms with Gasteiger partial charge in [-0.3, -0.25) is 9.59 Å². The Balaban J connectivity index is 2.73. The number of esters is 2. The van der Waals surface area contributed by atoms with Crippen LogP contribution in [-0.4, -0.2) is 38.4 Å². The second kappa shape index (κ2) is 9.13. The smallest absolute Gasteiger partial charge is 0.343 e. The third-order valence-electron chi connectivity index (χ3n) is 4.17. The van der Waals surface area contributed by atoms with E-state index in [-0.39, 0.29) is 40.7 Å². The number of hydrogen-bond donors (Lipinski definition) is 1. The molecule has 9 heteroatoms. The monoisotopic (exact) mass is 406 g/mol. The molecule has 1 N–H and O–H groups in total. The van der Waals surface area contributed by atoms with E-state index in [9.17, 15) is 19.5 Å². The van der Waals surface area contributed by atoms with Crippen molar-refractivity contribution in [2.75, 3.05) is 21.3 Å². The summed E-state index contributed by atoms with van der Waals surface area (Å²) in [5.74, 6) is -1.92. The molecule has 0 amide bonds. The van der Waals surface area contributed by atoms with E-state index in [1.807, 2.05) is 0 Å². The lowest BCUT2D eigenvalue weighted by molar-refractivity contribution is -0.140. The first-order valence-electron chi connectivity index (χ1n) is 8.56. The molecular formula is C20H22O9. The van der Waals surface area contributed by atoms with Crippen LogP contribution < -0.4 is 19.8 Å². The van der Waals surface area contributed by atoms with Gasteiger partial charge in [0.05, 0.1) is 33.3 Å². The first-order chi connectivity index (χ1) is 13.7. The summed E-state index contributed by atoms with van der Waals surface area (Å²) in [6.45, 7) is 2.74. The number of hydrogen-bond acceptors (Lipinski definition) is 9. The summed E-state index contributed by atoms with van der Waals surface area (Å²) in [6.07, 6.45) is -0.267. The summed E-state index contributed by atoms with van der Waals surface area (Å²) in [7, 11) is 3.93. The highest BCUT2D eigenvalue weighted by atomic mass is 16.6. The van der Waals surface area contributed by atoms with Crippen LogP contribution in [-0.2, 0) is 14.3 Å². The van der Waals surface area contributed by atoms with Crippen molar-refractivity contribution in [1.82, 2.24) is 0 Å². The van der Waals surface area contributed by atoms with Gasteiger partial charge in [0.2, 0.25) is 5.75 Å². The van der Waals surface area contributed by atoms with Crippen molar-refractivity contribution in [3.05, 3.63) is 45.5 Å². The van der Waals surface area contributed by atoms with E-state index in [1.54, 1.807) is 0 Å². The summed E-state index contributed by atoms with van der Waals surface area (Å²) in [5, 5.41) is 10.4. The Morgan fingerprint density at radius 1 is 1.10 bits per heavy atom. The maximum absolute atomic E-state index is 12.5. The van der Waals surface area contributed by atoms with Crippen LogP contribution in [0.1, 0.15) is 36.1 Å². The molecule has 0 aliphatic carbocycles. The molecule has 0 spiro atoms. The molecule has 1 heterocycles. The maximum Gasteiger partial charge on any atom is 0.343 e. The largest absolute Gasteiger partial charge is 0.507 e. The van der Waals surface area contributed by atoms with E-state index in [4.69, 9.17) is 23.4 Å². The fourth-order valence-electron chi connectivity index (χ4n) is 2.91. The van der Waals surface area contributed by atoms with Gasteiger partial charge in [0.15, 0.2) is 11.5 Å². The molecule has 0 aliphatic heterocycles. The Kier molecular flexibility index (Phi) is 6.87. The Morgan fingerprint density at radius 3 is 2.14 bits per heavy atom. The molecular weight excluding hydrogens is 384 g/mol. The number of benzene rings is 1. The SMILES string of the molecule is COC(=O)CC(c1cc(OC)c(OC(C)=O)c(OC)c1)c1c(O)cc(C)oc1=O. The average molecular weight is 406 g/mol. The molecule has 1 unspecified atom stereocenters. The molecule has 156 valence electrons. The predicted molar refractivity (Wildman–Crippen MR) is 101 cm³/mol. The second-order valence-electron chi connectivity index (χ2n) is 6.12. The van der Waals surface area contributed by atoms with Crippen LogP contribution in [0.4, 0.5) is 0 Å². The van der Waals surface area contributed by atoms with Crippen LogP contribution in [0.3, 0.4) is 0 Å². The minimum atomic E-state index is -0.937. The molecule has 0 saturated heterocycles. The summed E-state index contributed by atoms with van der Waals surface area (Å²) in [5.41, 5.74) is -0.532. The molecule has 1 aromatic heterocycles. The fraction of sp³-hybridized carbons (Fsp3) is 0.350. The normalized spacial score (nSPS) is 11.5. The van der Waals surface area contributed by atoms with Gasteiger partial charge in [0.25, 0.3) is 0 Å². The summed E-state index contributed by atoms with van der Waals surface area (Å²) in [4.78, 5) is 35.9. The maximum atomic E-state index is 12.5. The number of rotatable bonds is 7. The molecule has 29 heavy (non-hydrogen) atoms. The number of carbonyl (C=O) groups is 2. The van der Waals surface area contributed by atoms with E-state index < -0.39 is 23.5 Å². The van der Waals surface area contributed by atoms with Crippen molar-refractivity contribution < 1.29 is 38.1 Å². The topological polar surface area (TPSA) is 122 Å². The van der Waals surface area contributed by atoms with Crippen LogP contribution in [0.15, 0.2) is 27.4 Å². The Labute approximate surface area is 166 Å². The molecule has 1 atom stereocenters. The van der Waals surface area contributed by atoms with Crippen LogP contribution in [0, 0.1) is 6.92 Å². The number of aryl methyl sites for hydroxylation is 1. The Bertz CT molecular complexity index is 949. The van der Waals surface area contributed by atoms with Crippen LogP contribution in [0.2, 0.25) is 0 Å². The standard InChI is InChI=1S/C20H22O9/c1-10-6-14(22)18(20(24)28-10)13(9-17(23)27-5)12-7-15(25-3)19(29-11(2)21)16(8-12)26-4/h6-8,13,22H,9H2,1-5H3. The van der Waals surface area contributed by atoms with Crippen molar-refractivity contribution in [2.24, 2.45) is 0 Å². The zero-order valence-electron chi connectivity index (χ0n) is 16.7. The van der Waals surface area contributed by atoms with E-state index in [2.05, 4.69) is 0 Å². The van der Waals surface area contributed by atoms with Gasteiger partial charge in [0, 0.05) is 18.9 Å². The van der Waals surface area contributed by atoms with E-state index in [1.165, 1.54) is 53.4 Å². The lowest BCUT2D eigenvalue weighted by Crippen LogP contribution is -2.18. The number of carbonyl (C=O) groups excluding carboxylic acids is 2.